The standard InChI is InChI=1S/C9H13N5O2S2/c1-3-4-14-8(7-6(2)11-5-17-7)12-13-9(14)18(10,15)16/h5H,3-4H2,1-2H3,(H2,10,15,16). The number of rotatable bonds is 4. The van der Waals surface area contributed by atoms with Crippen LogP contribution in [0.5, 0.6) is 0 Å². The molecule has 7 nitrogen and oxygen atoms in total. The lowest BCUT2D eigenvalue weighted by Gasteiger charge is -2.06. The van der Waals surface area contributed by atoms with Crippen LogP contribution < -0.4 is 5.14 Å². The number of hydrogen-bond donors (Lipinski definition) is 1. The quantitative estimate of drug-likeness (QED) is 0.894. The third-order valence-electron chi connectivity index (χ3n) is 2.37. The van der Waals surface area contributed by atoms with Crippen LogP contribution in [0.2, 0.25) is 0 Å². The Morgan fingerprint density at radius 3 is 2.67 bits per heavy atom. The third kappa shape index (κ3) is 2.28. The van der Waals surface area contributed by atoms with Crippen molar-refractivity contribution in [3.8, 4) is 10.7 Å². The fourth-order valence-corrected chi connectivity index (χ4v) is 3.04. The van der Waals surface area contributed by atoms with Crippen molar-refractivity contribution in [3.05, 3.63) is 11.2 Å². The molecule has 0 aliphatic rings. The molecule has 2 aromatic rings. The number of nitrogens with two attached hydrogens (primary N) is 1. The van der Waals surface area contributed by atoms with E-state index in [9.17, 15) is 8.42 Å². The Morgan fingerprint density at radius 2 is 2.17 bits per heavy atom. The molecule has 0 atom stereocenters. The van der Waals surface area contributed by atoms with Crippen molar-refractivity contribution in [2.45, 2.75) is 32.0 Å². The first kappa shape index (κ1) is 13.1. The minimum Gasteiger partial charge on any atom is -0.296 e. The largest absolute Gasteiger partial charge is 0.296 e. The first-order valence-electron chi connectivity index (χ1n) is 5.31. The van der Waals surface area contributed by atoms with Gasteiger partial charge in [0.1, 0.15) is 0 Å². The summed E-state index contributed by atoms with van der Waals surface area (Å²) < 4.78 is 24.4. The number of aromatic nitrogens is 4. The number of hydrogen-bond acceptors (Lipinski definition) is 6. The average Bonchev–Trinajstić information content (AvgIpc) is 2.84. The van der Waals surface area contributed by atoms with Gasteiger partial charge in [0.05, 0.1) is 16.1 Å². The third-order valence-corrected chi connectivity index (χ3v) is 4.10. The van der Waals surface area contributed by atoms with Crippen LogP contribution in [0, 0.1) is 6.92 Å². The summed E-state index contributed by atoms with van der Waals surface area (Å²) in [6.45, 7) is 4.27. The molecule has 2 N–H and O–H groups in total. The molecule has 0 saturated heterocycles. The second kappa shape index (κ2) is 4.75. The molecule has 0 spiro atoms. The normalized spacial score (nSPS) is 11.9. The van der Waals surface area contributed by atoms with Crippen LogP contribution in [-0.4, -0.2) is 28.2 Å². The van der Waals surface area contributed by atoms with Gasteiger partial charge in [-0.1, -0.05) is 6.92 Å². The molecular weight excluding hydrogens is 274 g/mol. The molecule has 2 rings (SSSR count). The van der Waals surface area contributed by atoms with Crippen molar-refractivity contribution in [3.63, 3.8) is 0 Å². The zero-order valence-electron chi connectivity index (χ0n) is 9.99. The highest BCUT2D eigenvalue weighted by Gasteiger charge is 2.23. The molecule has 0 aromatic carbocycles. The van der Waals surface area contributed by atoms with E-state index in [0.717, 1.165) is 17.0 Å². The Morgan fingerprint density at radius 1 is 1.44 bits per heavy atom. The predicted octanol–water partition coefficient (Wildman–Crippen LogP) is 0.767. The van der Waals surface area contributed by atoms with E-state index < -0.39 is 10.0 Å². The van der Waals surface area contributed by atoms with E-state index in [4.69, 9.17) is 5.14 Å². The first-order chi connectivity index (χ1) is 8.45. The van der Waals surface area contributed by atoms with Gasteiger partial charge in [0, 0.05) is 6.54 Å². The van der Waals surface area contributed by atoms with Crippen molar-refractivity contribution in [2.24, 2.45) is 5.14 Å². The highest BCUT2D eigenvalue weighted by Crippen LogP contribution is 2.27. The number of aryl methyl sites for hydroxylation is 1. The van der Waals surface area contributed by atoms with E-state index in [-0.39, 0.29) is 5.16 Å². The topological polar surface area (TPSA) is 104 Å². The van der Waals surface area contributed by atoms with E-state index in [0.29, 0.717) is 12.4 Å². The van der Waals surface area contributed by atoms with Gasteiger partial charge in [-0.05, 0) is 13.3 Å². The van der Waals surface area contributed by atoms with Crippen LogP contribution in [0.3, 0.4) is 0 Å². The average molecular weight is 287 g/mol. The summed E-state index contributed by atoms with van der Waals surface area (Å²) in [6.07, 6.45) is 0.755. The van der Waals surface area contributed by atoms with Gasteiger partial charge in [-0.15, -0.1) is 21.5 Å². The van der Waals surface area contributed by atoms with E-state index in [1.807, 2.05) is 13.8 Å². The summed E-state index contributed by atoms with van der Waals surface area (Å²) in [5.74, 6) is 0.501. The maximum atomic E-state index is 11.4. The maximum Gasteiger partial charge on any atom is 0.273 e. The molecular formula is C9H13N5O2S2. The Hall–Kier alpha value is -1.32. The number of primary sulfonamides is 1. The predicted molar refractivity (Wildman–Crippen MR) is 67.5 cm³/mol. The molecule has 0 amide bonds. The molecule has 98 valence electrons. The maximum absolute atomic E-state index is 11.4. The van der Waals surface area contributed by atoms with E-state index in [2.05, 4.69) is 15.2 Å². The van der Waals surface area contributed by atoms with Gasteiger partial charge >= 0.3 is 0 Å². The van der Waals surface area contributed by atoms with Crippen LogP contribution in [0.15, 0.2) is 10.7 Å². The molecule has 0 aliphatic carbocycles. The van der Waals surface area contributed by atoms with E-state index in [1.54, 1.807) is 5.51 Å². The molecule has 0 unspecified atom stereocenters. The van der Waals surface area contributed by atoms with Crippen LogP contribution in [-0.2, 0) is 16.6 Å². The minimum absolute atomic E-state index is 0.202. The van der Waals surface area contributed by atoms with Gasteiger partial charge in [-0.3, -0.25) is 4.57 Å². The van der Waals surface area contributed by atoms with Gasteiger partial charge in [-0.2, -0.15) is 0 Å². The molecule has 2 aromatic heterocycles. The van der Waals surface area contributed by atoms with Crippen molar-refractivity contribution in [1.82, 2.24) is 19.7 Å². The second-order valence-electron chi connectivity index (χ2n) is 3.77. The van der Waals surface area contributed by atoms with Crippen LogP contribution in [0.1, 0.15) is 19.0 Å². The molecule has 0 aliphatic heterocycles. The molecule has 2 heterocycles. The van der Waals surface area contributed by atoms with Crippen molar-refractivity contribution in [1.29, 1.82) is 0 Å². The number of nitrogens with zero attached hydrogens (tertiary/aromatic N) is 4. The first-order valence-corrected chi connectivity index (χ1v) is 7.74. The summed E-state index contributed by atoms with van der Waals surface area (Å²) >= 11 is 1.40. The smallest absolute Gasteiger partial charge is 0.273 e. The minimum atomic E-state index is -3.87. The number of sulfonamides is 1. The Balaban J connectivity index is 2.63. The molecule has 0 bridgehead atoms. The van der Waals surface area contributed by atoms with Crippen LogP contribution in [0.4, 0.5) is 0 Å². The summed E-state index contributed by atoms with van der Waals surface area (Å²) in [6, 6.07) is 0. The lowest BCUT2D eigenvalue weighted by Crippen LogP contribution is -2.19. The van der Waals surface area contributed by atoms with Crippen molar-refractivity contribution >= 4 is 21.4 Å². The summed E-state index contributed by atoms with van der Waals surface area (Å²) in [5.41, 5.74) is 2.48. The zero-order valence-corrected chi connectivity index (χ0v) is 11.6. The summed E-state index contributed by atoms with van der Waals surface area (Å²) in [7, 11) is -3.87. The fraction of sp³-hybridized carbons (Fsp3) is 0.444. The van der Waals surface area contributed by atoms with Crippen LogP contribution in [0.25, 0.3) is 10.7 Å². The van der Waals surface area contributed by atoms with E-state index >= 15 is 0 Å². The molecule has 9 heteroatoms. The van der Waals surface area contributed by atoms with Crippen LogP contribution >= 0.6 is 11.3 Å². The molecule has 0 saturated carbocycles. The van der Waals surface area contributed by atoms with Gasteiger partial charge < -0.3 is 0 Å². The SMILES string of the molecule is CCCn1c(-c2scnc2C)nnc1S(N)(=O)=O. The highest BCUT2D eigenvalue weighted by molar-refractivity contribution is 7.89. The van der Waals surface area contributed by atoms with Gasteiger partial charge in [0.15, 0.2) is 5.82 Å². The van der Waals surface area contributed by atoms with Crippen molar-refractivity contribution in [2.75, 3.05) is 0 Å². The molecule has 0 radical (unpaired) electrons. The van der Waals surface area contributed by atoms with Gasteiger partial charge in [0.2, 0.25) is 0 Å². The number of thiazole rings is 1. The van der Waals surface area contributed by atoms with E-state index in [1.165, 1.54) is 15.9 Å². The summed E-state index contributed by atoms with van der Waals surface area (Å²) in [4.78, 5) is 4.93. The Labute approximate surface area is 109 Å². The second-order valence-corrected chi connectivity index (χ2v) is 6.08. The highest BCUT2D eigenvalue weighted by atomic mass is 32.2. The van der Waals surface area contributed by atoms with Gasteiger partial charge in [-0.25, -0.2) is 18.5 Å². The molecule has 18 heavy (non-hydrogen) atoms. The Bertz CT molecular complexity index is 658. The fourth-order valence-electron chi connectivity index (χ4n) is 1.61. The lowest BCUT2D eigenvalue weighted by molar-refractivity contribution is 0.559. The molecule has 0 fully saturated rings. The monoisotopic (exact) mass is 287 g/mol. The Kier molecular flexibility index (Phi) is 3.46. The zero-order chi connectivity index (χ0) is 13.3. The lowest BCUT2D eigenvalue weighted by atomic mass is 10.3. The summed E-state index contributed by atoms with van der Waals surface area (Å²) in [5, 5.41) is 12.5. The van der Waals surface area contributed by atoms with Crippen molar-refractivity contribution < 1.29 is 8.42 Å². The van der Waals surface area contributed by atoms with Gasteiger partial charge in [0.25, 0.3) is 15.2 Å².